The van der Waals surface area contributed by atoms with Gasteiger partial charge in [-0.15, -0.1) is 0 Å². The third-order valence-electron chi connectivity index (χ3n) is 1.04. The van der Waals surface area contributed by atoms with Gasteiger partial charge in [0, 0.05) is 6.08 Å². The molecule has 0 fully saturated rings. The largest absolute Gasteiger partial charge is 0.502 e. The van der Waals surface area contributed by atoms with E-state index in [0.717, 1.165) is 6.08 Å². The van der Waals surface area contributed by atoms with Crippen LogP contribution in [0.25, 0.3) is 0 Å². The van der Waals surface area contributed by atoms with Gasteiger partial charge in [-0.1, -0.05) is 0 Å². The Kier molecular flexibility index (Phi) is 5.07. The highest BCUT2D eigenvalue weighted by atomic mass is 16.5. The summed E-state index contributed by atoms with van der Waals surface area (Å²) in [6, 6.07) is 0. The summed E-state index contributed by atoms with van der Waals surface area (Å²) >= 11 is 0. The van der Waals surface area contributed by atoms with E-state index in [-0.39, 0.29) is 13.2 Å². The lowest BCUT2D eigenvalue weighted by atomic mass is 10.3. The van der Waals surface area contributed by atoms with E-state index < -0.39 is 17.8 Å². The molecule has 0 aromatic carbocycles. The maximum Gasteiger partial charge on any atom is 0.373 e. The number of aliphatic hydroxyl groups is 2. The summed E-state index contributed by atoms with van der Waals surface area (Å²) < 4.78 is 4.42. The van der Waals surface area contributed by atoms with E-state index in [1.807, 2.05) is 0 Å². The molecule has 0 rings (SSSR count). The second-order valence-corrected chi connectivity index (χ2v) is 2.04. The summed E-state index contributed by atoms with van der Waals surface area (Å²) in [5.74, 6) is -1.54. The van der Waals surface area contributed by atoms with Crippen LogP contribution in [0.2, 0.25) is 0 Å². The van der Waals surface area contributed by atoms with Gasteiger partial charge in [-0.05, 0) is 6.92 Å². The molecule has 5 heteroatoms. The van der Waals surface area contributed by atoms with Crippen LogP contribution in [0.1, 0.15) is 6.92 Å². The van der Waals surface area contributed by atoms with Crippen molar-refractivity contribution in [3.63, 3.8) is 0 Å². The zero-order valence-corrected chi connectivity index (χ0v) is 6.78. The molecule has 0 aliphatic carbocycles. The van der Waals surface area contributed by atoms with Crippen molar-refractivity contribution in [3.8, 4) is 0 Å². The number of carbonyl (C=O) groups is 1. The van der Waals surface area contributed by atoms with Crippen LogP contribution < -0.4 is 0 Å². The molecule has 0 aromatic rings. The molecule has 70 valence electrons. The first-order valence-electron chi connectivity index (χ1n) is 3.52. The maximum absolute atomic E-state index is 10.7. The topological polar surface area (TPSA) is 89.7 Å². The van der Waals surface area contributed by atoms with E-state index in [1.54, 1.807) is 6.92 Å². The van der Waals surface area contributed by atoms with Gasteiger partial charge < -0.3 is 20.1 Å². The Bertz CT molecular complexity index is 175. The second-order valence-electron chi connectivity index (χ2n) is 2.04. The Morgan fingerprint density at radius 3 is 2.75 bits per heavy atom. The number of hydrogen-bond acceptors (Lipinski definition) is 4. The number of esters is 1. The quantitative estimate of drug-likeness (QED) is 0.251. The zero-order chi connectivity index (χ0) is 9.56. The van der Waals surface area contributed by atoms with Crippen molar-refractivity contribution >= 4 is 5.97 Å². The Labute approximate surface area is 69.9 Å². The van der Waals surface area contributed by atoms with E-state index in [1.165, 1.54) is 0 Å². The minimum Gasteiger partial charge on any atom is -0.502 e. The van der Waals surface area contributed by atoms with E-state index in [4.69, 9.17) is 15.3 Å². The minimum absolute atomic E-state index is 0.160. The average Bonchev–Trinajstić information content (AvgIpc) is 2.04. The fourth-order valence-corrected chi connectivity index (χ4v) is 0.514. The van der Waals surface area contributed by atoms with Crippen molar-refractivity contribution in [1.29, 1.82) is 0 Å². The third-order valence-corrected chi connectivity index (χ3v) is 1.04. The molecular formula is C7H13O5+. The zero-order valence-electron chi connectivity index (χ0n) is 6.78. The standard InChI is InChI=1S/C7H12O5/c1-2-12-7(11)6(10)3-5(9)4-8/h3,5,8-10H,2,4H2,1H3/p+1. The molecular weight excluding hydrogens is 164 g/mol. The van der Waals surface area contributed by atoms with Crippen LogP contribution in [0.5, 0.6) is 0 Å². The number of rotatable bonds is 4. The van der Waals surface area contributed by atoms with E-state index in [9.17, 15) is 4.79 Å². The highest BCUT2D eigenvalue weighted by Gasteiger charge is 2.11. The second kappa shape index (κ2) is 5.56. The molecule has 4 N–H and O–H groups in total. The highest BCUT2D eigenvalue weighted by molar-refractivity contribution is 5.85. The maximum atomic E-state index is 10.7. The Morgan fingerprint density at radius 2 is 2.33 bits per heavy atom. The van der Waals surface area contributed by atoms with Gasteiger partial charge in [-0.2, -0.15) is 0 Å². The summed E-state index contributed by atoms with van der Waals surface area (Å²) in [5, 5.41) is 24.4. The molecule has 1 atom stereocenters. The summed E-state index contributed by atoms with van der Waals surface area (Å²) in [6.45, 7) is 1.46. The smallest absolute Gasteiger partial charge is 0.373 e. The minimum atomic E-state index is -1.13. The van der Waals surface area contributed by atoms with Gasteiger partial charge in [0.1, 0.15) is 6.10 Å². The summed E-state index contributed by atoms with van der Waals surface area (Å²) in [7, 11) is 0. The number of carbonyl (C=O) groups excluding carboxylic acids is 1. The van der Waals surface area contributed by atoms with Crippen LogP contribution in [0.4, 0.5) is 0 Å². The predicted molar refractivity (Wildman–Crippen MR) is 41.8 cm³/mol. The van der Waals surface area contributed by atoms with Gasteiger partial charge in [-0.25, -0.2) is 4.79 Å². The predicted octanol–water partition coefficient (Wildman–Crippen LogP) is -0.923. The SMILES string of the molecule is CCOC(=O)C(O)=CC(O)C[OH2+]. The summed E-state index contributed by atoms with van der Waals surface area (Å²) in [5.41, 5.74) is 0. The van der Waals surface area contributed by atoms with Crippen molar-refractivity contribution in [3.05, 3.63) is 11.8 Å². The van der Waals surface area contributed by atoms with Gasteiger partial charge >= 0.3 is 5.97 Å². The molecule has 0 radical (unpaired) electrons. The van der Waals surface area contributed by atoms with Gasteiger partial charge in [0.05, 0.1) is 6.61 Å². The average molecular weight is 177 g/mol. The fraction of sp³-hybridized carbons (Fsp3) is 0.571. The Balaban J connectivity index is 4.07. The van der Waals surface area contributed by atoms with E-state index >= 15 is 0 Å². The fourth-order valence-electron chi connectivity index (χ4n) is 0.514. The molecule has 12 heavy (non-hydrogen) atoms. The molecule has 0 aliphatic heterocycles. The first-order chi connectivity index (χ1) is 5.61. The molecule has 0 bridgehead atoms. The molecule has 0 saturated heterocycles. The van der Waals surface area contributed by atoms with Crippen LogP contribution in [-0.4, -0.2) is 40.6 Å². The molecule has 1 unspecified atom stereocenters. The molecule has 5 nitrogen and oxygen atoms in total. The van der Waals surface area contributed by atoms with Crippen LogP contribution in [-0.2, 0) is 9.53 Å². The van der Waals surface area contributed by atoms with Crippen LogP contribution in [0.3, 0.4) is 0 Å². The number of aliphatic hydroxyl groups excluding tert-OH is 2. The van der Waals surface area contributed by atoms with Crippen molar-refractivity contribution in [2.75, 3.05) is 13.2 Å². The van der Waals surface area contributed by atoms with E-state index in [0.29, 0.717) is 0 Å². The van der Waals surface area contributed by atoms with Gasteiger partial charge in [0.2, 0.25) is 5.76 Å². The van der Waals surface area contributed by atoms with Crippen LogP contribution in [0.15, 0.2) is 11.8 Å². The molecule has 0 amide bonds. The lowest BCUT2D eigenvalue weighted by molar-refractivity contribution is -0.141. The molecule has 0 heterocycles. The van der Waals surface area contributed by atoms with Crippen LogP contribution in [0, 0.1) is 0 Å². The molecule has 0 saturated carbocycles. The Hall–Kier alpha value is -1.07. The van der Waals surface area contributed by atoms with Gasteiger partial charge in [-0.3, -0.25) is 0 Å². The lowest BCUT2D eigenvalue weighted by Gasteiger charge is -2.01. The van der Waals surface area contributed by atoms with Crippen molar-refractivity contribution in [2.45, 2.75) is 13.0 Å². The molecule has 0 aromatic heterocycles. The highest BCUT2D eigenvalue weighted by Crippen LogP contribution is 1.95. The first-order valence-corrected chi connectivity index (χ1v) is 3.52. The van der Waals surface area contributed by atoms with Crippen molar-refractivity contribution in [2.24, 2.45) is 0 Å². The molecule has 0 aliphatic rings. The first kappa shape index (κ1) is 10.9. The normalized spacial score (nSPS) is 14.1. The third kappa shape index (κ3) is 3.95. The number of ether oxygens (including phenoxy) is 1. The van der Waals surface area contributed by atoms with Gasteiger partial charge in [0.15, 0.2) is 6.61 Å². The lowest BCUT2D eigenvalue weighted by Crippen LogP contribution is -2.13. The van der Waals surface area contributed by atoms with E-state index in [2.05, 4.69) is 4.74 Å². The molecule has 0 spiro atoms. The monoisotopic (exact) mass is 177 g/mol. The summed E-state index contributed by atoms with van der Waals surface area (Å²) in [4.78, 5) is 10.7. The van der Waals surface area contributed by atoms with Crippen LogP contribution >= 0.6 is 0 Å². The Morgan fingerprint density at radius 1 is 1.75 bits per heavy atom. The number of hydrogen-bond donors (Lipinski definition) is 2. The van der Waals surface area contributed by atoms with Crippen molar-refractivity contribution in [1.82, 2.24) is 0 Å². The van der Waals surface area contributed by atoms with Gasteiger partial charge in [0.25, 0.3) is 0 Å². The van der Waals surface area contributed by atoms with Crippen molar-refractivity contribution < 1.29 is 24.9 Å². The summed E-state index contributed by atoms with van der Waals surface area (Å²) in [6.07, 6.45) is -0.250.